The van der Waals surface area contributed by atoms with Crippen LogP contribution in [0.25, 0.3) is 0 Å². The Bertz CT molecular complexity index is 1030. The van der Waals surface area contributed by atoms with Gasteiger partial charge in [-0.15, -0.1) is 11.3 Å². The molecule has 3 rings (SSSR count). The van der Waals surface area contributed by atoms with Crippen molar-refractivity contribution in [1.29, 1.82) is 0 Å². The fourth-order valence-corrected chi connectivity index (χ4v) is 3.24. The summed E-state index contributed by atoms with van der Waals surface area (Å²) in [6.45, 7) is 5.39. The molecule has 1 unspecified atom stereocenters. The largest absolute Gasteiger partial charge is 0.449 e. The number of thiophene rings is 1. The number of nitrogens with zero attached hydrogens (tertiary/aromatic N) is 2. The van der Waals surface area contributed by atoms with Gasteiger partial charge in [0.05, 0.1) is 16.6 Å². The van der Waals surface area contributed by atoms with E-state index in [4.69, 9.17) is 4.74 Å². The number of hydrogen-bond donors (Lipinski definition) is 2. The number of anilines is 2. The molecule has 2 aromatic heterocycles. The van der Waals surface area contributed by atoms with Crippen molar-refractivity contribution in [2.45, 2.75) is 32.9 Å². The molecule has 2 heterocycles. The molecule has 1 atom stereocenters. The lowest BCUT2D eigenvalue weighted by Crippen LogP contribution is -2.31. The molecule has 3 aromatic rings. The van der Waals surface area contributed by atoms with Crippen molar-refractivity contribution in [3.05, 3.63) is 64.5 Å². The zero-order chi connectivity index (χ0) is 21.7. The number of benzene rings is 1. The number of carbonyl (C=O) groups excluding carboxylic acids is 3. The van der Waals surface area contributed by atoms with Gasteiger partial charge in [-0.2, -0.15) is 5.10 Å². The van der Waals surface area contributed by atoms with Crippen molar-refractivity contribution in [3.63, 3.8) is 0 Å². The smallest absolute Gasteiger partial charge is 0.338 e. The fraction of sp³-hybridized carbons (Fsp3) is 0.238. The first-order valence-corrected chi connectivity index (χ1v) is 10.2. The Labute approximate surface area is 177 Å². The van der Waals surface area contributed by atoms with Crippen molar-refractivity contribution in [2.75, 3.05) is 10.6 Å². The SMILES string of the molecule is CC(OC(=O)c1ccc(NC(=O)c2cccs2)cc1)C(=O)Nc1ccnn1C(C)C. The van der Waals surface area contributed by atoms with Crippen molar-refractivity contribution in [3.8, 4) is 0 Å². The van der Waals surface area contributed by atoms with Gasteiger partial charge in [0.25, 0.3) is 11.8 Å². The van der Waals surface area contributed by atoms with E-state index in [1.54, 1.807) is 41.2 Å². The van der Waals surface area contributed by atoms with Gasteiger partial charge >= 0.3 is 5.97 Å². The number of aromatic nitrogens is 2. The quantitative estimate of drug-likeness (QED) is 0.557. The Kier molecular flexibility index (Phi) is 6.63. The van der Waals surface area contributed by atoms with Crippen molar-refractivity contribution in [2.24, 2.45) is 0 Å². The molecule has 1 aromatic carbocycles. The van der Waals surface area contributed by atoms with Crippen LogP contribution in [0.2, 0.25) is 0 Å². The van der Waals surface area contributed by atoms with Crippen molar-refractivity contribution in [1.82, 2.24) is 9.78 Å². The summed E-state index contributed by atoms with van der Waals surface area (Å²) in [7, 11) is 0. The molecule has 0 spiro atoms. The molecule has 0 fully saturated rings. The maximum absolute atomic E-state index is 12.4. The van der Waals surface area contributed by atoms with E-state index in [1.165, 1.54) is 30.4 Å². The lowest BCUT2D eigenvalue weighted by Gasteiger charge is -2.16. The summed E-state index contributed by atoms with van der Waals surface area (Å²) in [5, 5.41) is 11.4. The first-order chi connectivity index (χ1) is 14.3. The molecule has 30 heavy (non-hydrogen) atoms. The van der Waals surface area contributed by atoms with E-state index in [0.29, 0.717) is 16.4 Å². The highest BCUT2D eigenvalue weighted by atomic mass is 32.1. The van der Waals surface area contributed by atoms with E-state index in [1.807, 2.05) is 19.2 Å². The van der Waals surface area contributed by atoms with Crippen molar-refractivity contribution >= 4 is 40.6 Å². The third-order valence-electron chi connectivity index (χ3n) is 4.19. The Morgan fingerprint density at radius 2 is 1.77 bits per heavy atom. The number of hydrogen-bond acceptors (Lipinski definition) is 6. The van der Waals surface area contributed by atoms with Gasteiger partial charge in [0.2, 0.25) is 0 Å². The standard InChI is InChI=1S/C21H22N4O4S/c1-13(2)25-18(10-11-22-25)24-19(26)14(3)29-21(28)15-6-8-16(9-7-15)23-20(27)17-5-4-12-30-17/h4-14H,1-3H3,(H,23,27)(H,24,26). The summed E-state index contributed by atoms with van der Waals surface area (Å²) < 4.78 is 6.92. The maximum atomic E-state index is 12.4. The minimum absolute atomic E-state index is 0.0759. The minimum atomic E-state index is -0.994. The number of rotatable bonds is 7. The normalized spacial score (nSPS) is 11.7. The van der Waals surface area contributed by atoms with Crippen LogP contribution in [0.3, 0.4) is 0 Å². The van der Waals surface area contributed by atoms with Gasteiger partial charge < -0.3 is 15.4 Å². The van der Waals surface area contributed by atoms with E-state index >= 15 is 0 Å². The summed E-state index contributed by atoms with van der Waals surface area (Å²) >= 11 is 1.34. The average Bonchev–Trinajstić information content (AvgIpc) is 3.40. The highest BCUT2D eigenvalue weighted by molar-refractivity contribution is 7.12. The number of ether oxygens (including phenoxy) is 1. The summed E-state index contributed by atoms with van der Waals surface area (Å²) in [6, 6.07) is 11.6. The van der Waals surface area contributed by atoms with Gasteiger partial charge in [0.1, 0.15) is 5.82 Å². The summed E-state index contributed by atoms with van der Waals surface area (Å²) in [5.74, 6) is -0.772. The number of nitrogens with one attached hydrogen (secondary N) is 2. The highest BCUT2D eigenvalue weighted by Crippen LogP contribution is 2.16. The molecule has 8 nitrogen and oxygen atoms in total. The molecule has 0 radical (unpaired) electrons. The number of carbonyl (C=O) groups is 3. The lowest BCUT2D eigenvalue weighted by atomic mass is 10.2. The van der Waals surface area contributed by atoms with Crippen LogP contribution in [0.5, 0.6) is 0 Å². The van der Waals surface area contributed by atoms with Crippen LogP contribution < -0.4 is 10.6 Å². The third-order valence-corrected chi connectivity index (χ3v) is 5.06. The molecule has 156 valence electrons. The second-order valence-electron chi connectivity index (χ2n) is 6.80. The van der Waals surface area contributed by atoms with Gasteiger partial charge in [-0.1, -0.05) is 6.07 Å². The van der Waals surface area contributed by atoms with Crippen LogP contribution in [-0.2, 0) is 9.53 Å². The van der Waals surface area contributed by atoms with Gasteiger partial charge in [-0.25, -0.2) is 9.48 Å². The van der Waals surface area contributed by atoms with E-state index in [0.717, 1.165) is 0 Å². The molecule has 0 saturated heterocycles. The van der Waals surface area contributed by atoms with Gasteiger partial charge in [-0.3, -0.25) is 9.59 Å². The predicted octanol–water partition coefficient (Wildman–Crippen LogP) is 3.96. The topological polar surface area (TPSA) is 102 Å². The monoisotopic (exact) mass is 426 g/mol. The zero-order valence-electron chi connectivity index (χ0n) is 16.8. The summed E-state index contributed by atoms with van der Waals surface area (Å²) in [4.78, 5) is 37.4. The third kappa shape index (κ3) is 5.12. The molecule has 0 aliphatic heterocycles. The molecular weight excluding hydrogens is 404 g/mol. The molecule has 0 saturated carbocycles. The van der Waals surface area contributed by atoms with Gasteiger partial charge in [-0.05, 0) is 56.5 Å². The minimum Gasteiger partial charge on any atom is -0.449 e. The molecule has 2 N–H and O–H groups in total. The highest BCUT2D eigenvalue weighted by Gasteiger charge is 2.20. The maximum Gasteiger partial charge on any atom is 0.338 e. The molecule has 0 aliphatic rings. The van der Waals surface area contributed by atoms with Gasteiger partial charge in [0, 0.05) is 17.8 Å². The predicted molar refractivity (Wildman–Crippen MR) is 115 cm³/mol. The lowest BCUT2D eigenvalue weighted by molar-refractivity contribution is -0.123. The molecular formula is C21H22N4O4S. The average molecular weight is 426 g/mol. The van der Waals surface area contributed by atoms with Crippen LogP contribution in [0.15, 0.2) is 54.0 Å². The number of esters is 1. The van der Waals surface area contributed by atoms with Crippen molar-refractivity contribution < 1.29 is 19.1 Å². The Morgan fingerprint density at radius 3 is 2.40 bits per heavy atom. The van der Waals surface area contributed by atoms with E-state index in [2.05, 4.69) is 15.7 Å². The van der Waals surface area contributed by atoms with Crippen LogP contribution in [0.4, 0.5) is 11.5 Å². The Hall–Kier alpha value is -3.46. The fourth-order valence-electron chi connectivity index (χ4n) is 2.62. The van der Waals surface area contributed by atoms with E-state index in [9.17, 15) is 14.4 Å². The second-order valence-corrected chi connectivity index (χ2v) is 7.75. The first-order valence-electron chi connectivity index (χ1n) is 9.35. The summed E-state index contributed by atoms with van der Waals surface area (Å²) in [5.41, 5.74) is 0.827. The van der Waals surface area contributed by atoms with E-state index < -0.39 is 18.0 Å². The Morgan fingerprint density at radius 1 is 1.03 bits per heavy atom. The summed E-state index contributed by atoms with van der Waals surface area (Å²) in [6.07, 6.45) is 0.594. The molecule has 0 bridgehead atoms. The van der Waals surface area contributed by atoms with Crippen LogP contribution >= 0.6 is 11.3 Å². The Balaban J connectivity index is 1.56. The van der Waals surface area contributed by atoms with E-state index in [-0.39, 0.29) is 17.5 Å². The first kappa shape index (κ1) is 21.3. The number of amides is 2. The second kappa shape index (κ2) is 9.36. The van der Waals surface area contributed by atoms with Crippen LogP contribution in [-0.4, -0.2) is 33.7 Å². The van der Waals surface area contributed by atoms with Crippen LogP contribution in [0, 0.1) is 0 Å². The molecule has 2 amide bonds. The zero-order valence-corrected chi connectivity index (χ0v) is 17.6. The van der Waals surface area contributed by atoms with Gasteiger partial charge in [0.15, 0.2) is 6.10 Å². The van der Waals surface area contributed by atoms with Crippen LogP contribution in [0.1, 0.15) is 46.8 Å². The molecule has 0 aliphatic carbocycles. The molecule has 9 heteroatoms.